The fourth-order valence-corrected chi connectivity index (χ4v) is 7.94. The summed E-state index contributed by atoms with van der Waals surface area (Å²) in [4.78, 5) is 36.0. The van der Waals surface area contributed by atoms with Gasteiger partial charge in [0.05, 0.1) is 12.0 Å². The number of thiophene rings is 1. The first-order valence-corrected chi connectivity index (χ1v) is 16.2. The van der Waals surface area contributed by atoms with Crippen molar-refractivity contribution in [3.63, 3.8) is 0 Å². The smallest absolute Gasteiger partial charge is 0.254 e. The topological polar surface area (TPSA) is 55.9 Å². The third-order valence-corrected chi connectivity index (χ3v) is 10.2. The number of anilines is 1. The number of amides is 2. The van der Waals surface area contributed by atoms with Crippen LogP contribution < -0.4 is 10.2 Å². The van der Waals surface area contributed by atoms with Crippen molar-refractivity contribution in [2.24, 2.45) is 0 Å². The minimum atomic E-state index is -0.399. The van der Waals surface area contributed by atoms with Crippen molar-refractivity contribution in [2.45, 2.75) is 64.0 Å². The number of piperazine rings is 1. The minimum absolute atomic E-state index is 0.0334. The van der Waals surface area contributed by atoms with Crippen LogP contribution in [0, 0.1) is 13.8 Å². The van der Waals surface area contributed by atoms with Gasteiger partial charge in [0.2, 0.25) is 5.91 Å². The molecule has 0 bridgehead atoms. The second-order valence-corrected chi connectivity index (χ2v) is 12.9. The summed E-state index contributed by atoms with van der Waals surface area (Å²) in [5.74, 6) is -0.287. The zero-order valence-electron chi connectivity index (χ0n) is 24.4. The molecule has 0 unspecified atom stereocenters. The zero-order chi connectivity index (χ0) is 28.3. The Morgan fingerprint density at radius 3 is 2.51 bits per heavy atom. The number of carbonyl (C=O) groups is 2. The summed E-state index contributed by atoms with van der Waals surface area (Å²) >= 11 is 1.65. The standard InChI is InChI=1S/C34H42N4O2S/c1-24-14-15-25(2)29(23-24)37-20-18-36(19-21-37)17-8-16-35-33(39)31-27-11-5-6-12-28(27)34(40)38(26-9-3-4-10-26)32(31)30-13-7-22-41-30/h5-7,11-15,22-23,26,31-32H,3-4,8-10,16-21H2,1-2H3,(H,35,39)/t31-,32+/m0/s1. The molecule has 1 saturated heterocycles. The quantitative estimate of drug-likeness (QED) is 0.342. The molecule has 2 atom stereocenters. The number of nitrogens with one attached hydrogen (secondary N) is 1. The molecular weight excluding hydrogens is 528 g/mol. The lowest BCUT2D eigenvalue weighted by Crippen LogP contribution is -2.51. The van der Waals surface area contributed by atoms with E-state index >= 15 is 0 Å². The van der Waals surface area contributed by atoms with E-state index in [2.05, 4.69) is 63.5 Å². The lowest BCUT2D eigenvalue weighted by atomic mass is 9.80. The summed E-state index contributed by atoms with van der Waals surface area (Å²) in [6.07, 6.45) is 5.23. The maximum Gasteiger partial charge on any atom is 0.254 e. The number of nitrogens with zero attached hydrogens (tertiary/aromatic N) is 3. The Bertz CT molecular complexity index is 1360. The van der Waals surface area contributed by atoms with Crippen molar-refractivity contribution in [1.29, 1.82) is 0 Å². The predicted octanol–water partition coefficient (Wildman–Crippen LogP) is 5.92. The van der Waals surface area contributed by atoms with E-state index in [0.29, 0.717) is 12.1 Å². The summed E-state index contributed by atoms with van der Waals surface area (Å²) in [6.45, 7) is 10.1. The van der Waals surface area contributed by atoms with Gasteiger partial charge < -0.3 is 15.1 Å². The molecule has 1 N–H and O–H groups in total. The molecule has 41 heavy (non-hydrogen) atoms. The Hall–Kier alpha value is -3.16. The minimum Gasteiger partial charge on any atom is -0.369 e. The van der Waals surface area contributed by atoms with Gasteiger partial charge in [0.15, 0.2) is 0 Å². The van der Waals surface area contributed by atoms with Crippen LogP contribution in [0.4, 0.5) is 5.69 Å². The molecule has 2 fully saturated rings. The average molecular weight is 571 g/mol. The number of hydrogen-bond donors (Lipinski definition) is 1. The van der Waals surface area contributed by atoms with Gasteiger partial charge in [0.1, 0.15) is 0 Å². The van der Waals surface area contributed by atoms with E-state index in [1.165, 1.54) is 16.8 Å². The fraction of sp³-hybridized carbons (Fsp3) is 0.471. The molecule has 7 heteroatoms. The Morgan fingerprint density at radius 2 is 1.76 bits per heavy atom. The van der Waals surface area contributed by atoms with Crippen LogP contribution in [-0.4, -0.2) is 66.9 Å². The summed E-state index contributed by atoms with van der Waals surface area (Å²) in [5, 5.41) is 5.35. The first-order valence-electron chi connectivity index (χ1n) is 15.3. The Morgan fingerprint density at radius 1 is 0.976 bits per heavy atom. The third kappa shape index (κ3) is 5.80. The Kier molecular flexibility index (Phi) is 8.45. The third-order valence-electron chi connectivity index (χ3n) is 9.24. The highest BCUT2D eigenvalue weighted by Gasteiger charge is 2.47. The Labute approximate surface area is 248 Å². The highest BCUT2D eigenvalue weighted by Crippen LogP contribution is 2.47. The summed E-state index contributed by atoms with van der Waals surface area (Å²) < 4.78 is 0. The van der Waals surface area contributed by atoms with Crippen molar-refractivity contribution >= 4 is 28.8 Å². The zero-order valence-corrected chi connectivity index (χ0v) is 25.2. The normalized spacial score (nSPS) is 21.8. The van der Waals surface area contributed by atoms with E-state index in [9.17, 15) is 9.59 Å². The molecule has 3 aromatic rings. The van der Waals surface area contributed by atoms with Gasteiger partial charge in [-0.3, -0.25) is 14.5 Å². The largest absolute Gasteiger partial charge is 0.369 e. The van der Waals surface area contributed by atoms with Crippen LogP contribution in [-0.2, 0) is 4.79 Å². The van der Waals surface area contributed by atoms with Crippen LogP contribution in [0.2, 0.25) is 0 Å². The second kappa shape index (κ2) is 12.4. The SMILES string of the molecule is Cc1ccc(C)c(N2CCN(CCCNC(=O)[C@H]3c4ccccc4C(=O)N(C4CCCC4)[C@@H]3c3cccs3)CC2)c1. The maximum absolute atomic E-state index is 14.0. The number of aryl methyl sites for hydroxylation is 2. The molecule has 1 saturated carbocycles. The van der Waals surface area contributed by atoms with Crippen molar-refractivity contribution in [1.82, 2.24) is 15.1 Å². The lowest BCUT2D eigenvalue weighted by Gasteiger charge is -2.44. The number of fused-ring (bicyclic) bond motifs is 1. The molecule has 2 aromatic carbocycles. The van der Waals surface area contributed by atoms with Crippen LogP contribution in [0.15, 0.2) is 60.0 Å². The van der Waals surface area contributed by atoms with Crippen LogP contribution in [0.1, 0.15) is 76.0 Å². The number of carbonyl (C=O) groups excluding carboxylic acids is 2. The Balaban J connectivity index is 1.10. The predicted molar refractivity (Wildman–Crippen MR) is 167 cm³/mol. The number of hydrogen-bond acceptors (Lipinski definition) is 5. The highest BCUT2D eigenvalue weighted by atomic mass is 32.1. The summed E-state index contributed by atoms with van der Waals surface area (Å²) in [7, 11) is 0. The molecule has 1 aliphatic carbocycles. The lowest BCUT2D eigenvalue weighted by molar-refractivity contribution is -0.124. The van der Waals surface area contributed by atoms with E-state index in [0.717, 1.165) is 75.3 Å². The van der Waals surface area contributed by atoms with Gasteiger partial charge in [-0.15, -0.1) is 11.3 Å². The van der Waals surface area contributed by atoms with Crippen LogP contribution in [0.25, 0.3) is 0 Å². The van der Waals surface area contributed by atoms with Crippen molar-refractivity contribution in [3.8, 4) is 0 Å². The van der Waals surface area contributed by atoms with E-state index in [-0.39, 0.29) is 23.9 Å². The molecule has 3 heterocycles. The summed E-state index contributed by atoms with van der Waals surface area (Å²) in [5.41, 5.74) is 5.56. The first-order chi connectivity index (χ1) is 20.0. The van der Waals surface area contributed by atoms with Crippen molar-refractivity contribution in [2.75, 3.05) is 44.2 Å². The molecule has 6 nitrogen and oxygen atoms in total. The van der Waals surface area contributed by atoms with Crippen LogP contribution >= 0.6 is 11.3 Å². The van der Waals surface area contributed by atoms with Gasteiger partial charge in [-0.25, -0.2) is 0 Å². The van der Waals surface area contributed by atoms with Gasteiger partial charge in [0.25, 0.3) is 5.91 Å². The van der Waals surface area contributed by atoms with Gasteiger partial charge in [0, 0.05) is 54.9 Å². The van der Waals surface area contributed by atoms with Gasteiger partial charge in [-0.1, -0.05) is 49.2 Å². The second-order valence-electron chi connectivity index (χ2n) is 11.9. The average Bonchev–Trinajstić information content (AvgIpc) is 3.72. The molecular formula is C34H42N4O2S. The first kappa shape index (κ1) is 28.0. The van der Waals surface area contributed by atoms with Crippen molar-refractivity contribution < 1.29 is 9.59 Å². The van der Waals surface area contributed by atoms with E-state index in [1.54, 1.807) is 11.3 Å². The number of rotatable bonds is 8. The molecule has 1 aromatic heterocycles. The van der Waals surface area contributed by atoms with Crippen LogP contribution in [0.5, 0.6) is 0 Å². The molecule has 6 rings (SSSR count). The van der Waals surface area contributed by atoms with Gasteiger partial charge in [-0.05, 0) is 79.9 Å². The molecule has 2 aliphatic heterocycles. The monoisotopic (exact) mass is 570 g/mol. The molecule has 2 amide bonds. The highest BCUT2D eigenvalue weighted by molar-refractivity contribution is 7.10. The van der Waals surface area contributed by atoms with E-state index < -0.39 is 5.92 Å². The van der Waals surface area contributed by atoms with Gasteiger partial charge in [-0.2, -0.15) is 0 Å². The molecule has 0 spiro atoms. The summed E-state index contributed by atoms with van der Waals surface area (Å²) in [6, 6.07) is 18.5. The number of benzene rings is 2. The maximum atomic E-state index is 14.0. The molecule has 216 valence electrons. The molecule has 3 aliphatic rings. The molecule has 0 radical (unpaired) electrons. The van der Waals surface area contributed by atoms with Crippen LogP contribution in [0.3, 0.4) is 0 Å². The van der Waals surface area contributed by atoms with Gasteiger partial charge >= 0.3 is 0 Å². The van der Waals surface area contributed by atoms with Crippen molar-refractivity contribution in [3.05, 3.63) is 87.1 Å². The van der Waals surface area contributed by atoms with E-state index in [1.807, 2.05) is 30.3 Å². The fourth-order valence-electron chi connectivity index (χ4n) is 7.08. The van der Waals surface area contributed by atoms with E-state index in [4.69, 9.17) is 0 Å².